The van der Waals surface area contributed by atoms with Gasteiger partial charge in [0.05, 0.1) is 194 Å². The molecule has 762 valence electrons. The SMILES string of the molecule is COCCOCCC(=O)N[C@@H](C(=O)N[C@H](C)C(=O)Nc1ccc(COC(=O)N2c3cc(OCCCCCOc4cc5c(cc4OC)C(=O)N4C=C(C)C[C@H]4CN5C(=O)OCc4ccc(NC(=O)[C@@H](C)NC(=O)[C@H](NC(=O)CCOCCOCCOCCOCCOCCOCCOCCOCCNC(=O)CCN5C(=O)C=CC5=O)C(C)C)cc4)c(OC)cc3C(=O)N3C=C(C)C[C@H]3[C@@H]2O)cc1)C(C)C. The van der Waals surface area contributed by atoms with Gasteiger partial charge in [-0.15, -0.1) is 0 Å². The molecule has 0 aromatic heterocycles. The first-order valence-electron chi connectivity index (χ1n) is 46.7. The molecule has 8 N–H and O–H groups in total. The molecule has 9 rings (SSSR count). The summed E-state index contributed by atoms with van der Waals surface area (Å²) in [5.74, 6) is -4.72. The average molecular weight is 1950 g/mol. The number of amides is 13. The topological polar surface area (TPSA) is 490 Å². The standard InChI is InChI=1S/C97H134N12O30/c1-62(2)87(103-83(111)26-32-127-36-35-124-9)91(117)99-67(8)90(116)102-71-21-17-69(18-22-71)61-139-97(123)109-76-56-81(79(126-11)54-74(76)94(120)107-58-65(6)52-77(107)95(109)121)137-31-14-12-13-30-136-80-55-75-73(53-78(80)125-10)93(119)106-57-64(5)51-72(106)59-108(75)96(122)138-60-68-15-19-70(20-16-68)101-89(115)66(7)100-92(118)88(63(3)4)104-84(112)27-33-128-37-39-130-41-43-132-45-47-134-49-50-135-48-46-133-44-42-131-40-38-129-34-28-98-82(110)25-29-105-85(113)23-24-86(105)114/h15-24,53-58,62-63,66-67,72,77,87-88,95,121H,12-14,25-52,59-61H2,1-11H3,(H,98,110)(H,99,117)(H,100,118)(H,101,115)(H,102,116)(H,103,111)(H,104,112)/t66-,67-,72+,77+,87-,88-,95+/m1/s1. The molecular weight excluding hydrogens is 1810 g/mol. The Morgan fingerprint density at radius 3 is 1.29 bits per heavy atom. The van der Waals surface area contributed by atoms with Crippen molar-refractivity contribution in [1.29, 1.82) is 0 Å². The fourth-order valence-corrected chi connectivity index (χ4v) is 15.0. The molecule has 0 fully saturated rings. The third-order valence-electron chi connectivity index (χ3n) is 22.5. The van der Waals surface area contributed by atoms with Crippen molar-refractivity contribution < 1.29 is 143 Å². The van der Waals surface area contributed by atoms with Crippen molar-refractivity contribution in [1.82, 2.24) is 41.3 Å². The van der Waals surface area contributed by atoms with Crippen LogP contribution in [0.25, 0.3) is 0 Å². The Hall–Kier alpha value is -12.2. The van der Waals surface area contributed by atoms with E-state index in [9.17, 15) is 67.4 Å². The van der Waals surface area contributed by atoms with Gasteiger partial charge < -0.3 is 128 Å². The van der Waals surface area contributed by atoms with Crippen LogP contribution in [0, 0.1) is 11.8 Å². The minimum absolute atomic E-state index is 0.0118. The number of imide groups is 1. The Kier molecular flexibility index (Phi) is 46.0. The van der Waals surface area contributed by atoms with Crippen LogP contribution in [-0.4, -0.2) is 319 Å². The minimum atomic E-state index is -1.58. The quantitative estimate of drug-likeness (QED) is 0.0176. The molecule has 0 radical (unpaired) electrons. The Morgan fingerprint density at radius 1 is 0.432 bits per heavy atom. The number of carbonyl (C=O) groups is 13. The number of anilines is 4. The molecule has 0 unspecified atom stereocenters. The van der Waals surface area contributed by atoms with Gasteiger partial charge in [-0.3, -0.25) is 62.5 Å². The highest BCUT2D eigenvalue weighted by atomic mass is 16.6. The number of benzene rings is 4. The zero-order valence-electron chi connectivity index (χ0n) is 81.0. The van der Waals surface area contributed by atoms with Gasteiger partial charge in [0.1, 0.15) is 37.4 Å². The van der Waals surface area contributed by atoms with Crippen molar-refractivity contribution in [3.63, 3.8) is 0 Å². The van der Waals surface area contributed by atoms with Crippen LogP contribution in [0.15, 0.2) is 108 Å². The summed E-state index contributed by atoms with van der Waals surface area (Å²) in [6, 6.07) is 13.9. The van der Waals surface area contributed by atoms with Gasteiger partial charge >= 0.3 is 12.2 Å². The van der Waals surface area contributed by atoms with Crippen LogP contribution >= 0.6 is 0 Å². The Balaban J connectivity index is 0.650. The first-order valence-corrected chi connectivity index (χ1v) is 46.7. The predicted octanol–water partition coefficient (Wildman–Crippen LogP) is 6.38. The van der Waals surface area contributed by atoms with Crippen molar-refractivity contribution in [2.75, 3.05) is 200 Å². The van der Waals surface area contributed by atoms with E-state index in [0.29, 0.717) is 147 Å². The normalized spacial score (nSPS) is 16.2. The van der Waals surface area contributed by atoms with Crippen LogP contribution in [0.5, 0.6) is 23.0 Å². The lowest BCUT2D eigenvalue weighted by atomic mass is 10.0. The lowest BCUT2D eigenvalue weighted by Gasteiger charge is -2.31. The largest absolute Gasteiger partial charge is 0.493 e. The molecule has 139 heavy (non-hydrogen) atoms. The van der Waals surface area contributed by atoms with Crippen LogP contribution in [0.2, 0.25) is 0 Å². The lowest BCUT2D eigenvalue weighted by Crippen LogP contribution is -2.53. The van der Waals surface area contributed by atoms with E-state index in [4.69, 9.17) is 75.8 Å². The summed E-state index contributed by atoms with van der Waals surface area (Å²) in [6.45, 7) is 20.2. The maximum Gasteiger partial charge on any atom is 0.416 e. The number of ether oxygens (including phenoxy) is 16. The zero-order valence-corrected chi connectivity index (χ0v) is 81.0. The maximum atomic E-state index is 14.4. The van der Waals surface area contributed by atoms with Crippen LogP contribution in [0.4, 0.5) is 32.3 Å². The molecule has 4 aromatic carbocycles. The molecule has 42 nitrogen and oxygen atoms in total. The van der Waals surface area contributed by atoms with Crippen molar-refractivity contribution in [3.05, 3.63) is 131 Å². The highest BCUT2D eigenvalue weighted by Gasteiger charge is 2.46. The van der Waals surface area contributed by atoms with Gasteiger partial charge in [-0.05, 0) is 119 Å². The molecule has 5 aliphatic rings. The minimum Gasteiger partial charge on any atom is -0.493 e. The van der Waals surface area contributed by atoms with E-state index in [0.717, 1.165) is 20.9 Å². The summed E-state index contributed by atoms with van der Waals surface area (Å²) < 4.78 is 90.5. The van der Waals surface area contributed by atoms with Crippen LogP contribution < -0.4 is 66.0 Å². The molecule has 42 heteroatoms. The third-order valence-corrected chi connectivity index (χ3v) is 22.5. The van der Waals surface area contributed by atoms with E-state index in [-0.39, 0.29) is 173 Å². The number of fused-ring (bicyclic) bond motifs is 4. The molecule has 0 saturated carbocycles. The fourth-order valence-electron chi connectivity index (χ4n) is 15.0. The van der Waals surface area contributed by atoms with Gasteiger partial charge in [0.15, 0.2) is 29.2 Å². The average Bonchev–Trinajstić information content (AvgIpc) is 1.61. The van der Waals surface area contributed by atoms with Gasteiger partial charge in [-0.2, -0.15) is 0 Å². The lowest BCUT2D eigenvalue weighted by molar-refractivity contribution is -0.137. The Morgan fingerprint density at radius 2 is 0.842 bits per heavy atom. The predicted molar refractivity (Wildman–Crippen MR) is 505 cm³/mol. The second kappa shape index (κ2) is 58.0. The molecule has 0 saturated heterocycles. The molecule has 0 aliphatic carbocycles. The van der Waals surface area contributed by atoms with Crippen molar-refractivity contribution >= 4 is 99.9 Å². The molecule has 7 atom stereocenters. The number of hydrogen-bond donors (Lipinski definition) is 8. The van der Waals surface area contributed by atoms with Crippen LogP contribution in [-0.2, 0) is 113 Å². The van der Waals surface area contributed by atoms with Gasteiger partial charge in [-0.25, -0.2) is 14.5 Å². The zero-order chi connectivity index (χ0) is 100. The van der Waals surface area contributed by atoms with Crippen molar-refractivity contribution in [2.24, 2.45) is 11.8 Å². The summed E-state index contributed by atoms with van der Waals surface area (Å²) in [6.07, 6.45) is 4.80. The summed E-state index contributed by atoms with van der Waals surface area (Å²) in [5.41, 5.74) is 4.04. The summed E-state index contributed by atoms with van der Waals surface area (Å²) in [4.78, 5) is 178. The van der Waals surface area contributed by atoms with E-state index < -0.39 is 102 Å². The fraction of sp³-hybridized carbons (Fsp3) is 0.557. The first kappa shape index (κ1) is 110. The number of unbranched alkanes of at least 4 members (excludes halogenated alkanes) is 2. The molecule has 4 aromatic rings. The monoisotopic (exact) mass is 1950 g/mol. The third kappa shape index (κ3) is 35.0. The van der Waals surface area contributed by atoms with Crippen molar-refractivity contribution in [3.8, 4) is 23.0 Å². The number of aliphatic hydroxyl groups is 1. The van der Waals surface area contributed by atoms with Crippen LogP contribution in [0.3, 0.4) is 0 Å². The summed E-state index contributed by atoms with van der Waals surface area (Å²) >= 11 is 0. The molecule has 13 amide bonds. The first-order chi connectivity index (χ1) is 67.0. The molecule has 0 bridgehead atoms. The van der Waals surface area contributed by atoms with E-state index in [1.807, 2.05) is 13.8 Å². The second-order valence-electron chi connectivity index (χ2n) is 34.0. The number of nitrogens with one attached hydrogen (secondary N) is 7. The number of aliphatic hydroxyl groups excluding tert-OH is 1. The Bertz CT molecular complexity index is 4840. The summed E-state index contributed by atoms with van der Waals surface area (Å²) in [7, 11) is 4.40. The number of hydrogen-bond acceptors (Lipinski definition) is 30. The second-order valence-corrected chi connectivity index (χ2v) is 34.0. The van der Waals surface area contributed by atoms with Gasteiger partial charge in [0, 0.05) is 87.5 Å². The van der Waals surface area contributed by atoms with Crippen LogP contribution in [0.1, 0.15) is 139 Å². The number of carbonyl (C=O) groups excluding carboxylic acids is 13. The van der Waals surface area contributed by atoms with E-state index >= 15 is 0 Å². The molecular formula is C97H134N12O30. The maximum absolute atomic E-state index is 14.4. The van der Waals surface area contributed by atoms with E-state index in [2.05, 4.69) is 37.2 Å². The Labute approximate surface area is 809 Å². The summed E-state index contributed by atoms with van der Waals surface area (Å²) in [5, 5.41) is 31.1. The smallest absolute Gasteiger partial charge is 0.416 e. The number of methoxy groups -OCH3 is 3. The van der Waals surface area contributed by atoms with Gasteiger partial charge in [0.25, 0.3) is 23.6 Å². The number of nitrogens with zero attached hydrogens (tertiary/aromatic N) is 5. The highest BCUT2D eigenvalue weighted by Crippen LogP contribution is 2.44. The van der Waals surface area contributed by atoms with Gasteiger partial charge in [0.2, 0.25) is 41.4 Å². The van der Waals surface area contributed by atoms with Crippen molar-refractivity contribution in [2.45, 2.75) is 162 Å². The van der Waals surface area contributed by atoms with Gasteiger partial charge in [-0.1, -0.05) is 63.1 Å². The number of rotatable bonds is 62. The molecule has 5 aliphatic heterocycles. The van der Waals surface area contributed by atoms with E-state index in [1.165, 1.54) is 69.3 Å². The van der Waals surface area contributed by atoms with E-state index in [1.54, 1.807) is 106 Å². The molecule has 0 spiro atoms. The molecule has 5 heterocycles. The highest BCUT2D eigenvalue weighted by molar-refractivity contribution is 6.13.